The maximum atomic E-state index is 12.8. The Morgan fingerprint density at radius 2 is 2.11 bits per heavy atom. The Labute approximate surface area is 164 Å². The molecule has 144 valence electrons. The van der Waals surface area contributed by atoms with Crippen LogP contribution in [0.15, 0.2) is 53.4 Å². The molecule has 1 N–H and O–H groups in total. The highest BCUT2D eigenvalue weighted by atomic mass is 16.5. The van der Waals surface area contributed by atoms with Crippen LogP contribution in [0.2, 0.25) is 0 Å². The quantitative estimate of drug-likeness (QED) is 0.702. The molecule has 0 bridgehead atoms. The van der Waals surface area contributed by atoms with E-state index in [4.69, 9.17) is 9.15 Å². The number of hydrogen-bond acceptors (Lipinski definition) is 4. The molecule has 0 saturated heterocycles. The van der Waals surface area contributed by atoms with Gasteiger partial charge in [0.15, 0.2) is 0 Å². The van der Waals surface area contributed by atoms with E-state index in [9.17, 15) is 4.79 Å². The summed E-state index contributed by atoms with van der Waals surface area (Å²) in [6.07, 6.45) is 8.13. The molecule has 0 spiro atoms. The number of aryl methyl sites for hydroxylation is 3. The molecule has 1 atom stereocenters. The van der Waals surface area contributed by atoms with E-state index in [-0.39, 0.29) is 11.9 Å². The lowest BCUT2D eigenvalue weighted by Gasteiger charge is -2.23. The van der Waals surface area contributed by atoms with Crippen molar-refractivity contribution in [2.45, 2.75) is 45.8 Å². The number of hydrogen-bond donors (Lipinski definition) is 1. The fraction of sp³-hybridized carbons (Fsp3) is 0.304. The molecule has 1 amide bonds. The molecule has 0 aliphatic heterocycles. The molecule has 0 fully saturated rings. The van der Waals surface area contributed by atoms with Crippen molar-refractivity contribution >= 4 is 5.91 Å². The molecule has 1 aliphatic carbocycles. The van der Waals surface area contributed by atoms with Crippen LogP contribution in [0.1, 0.15) is 57.3 Å². The van der Waals surface area contributed by atoms with Crippen LogP contribution in [0.3, 0.4) is 0 Å². The van der Waals surface area contributed by atoms with Crippen LogP contribution in [0.4, 0.5) is 0 Å². The predicted molar refractivity (Wildman–Crippen MR) is 106 cm³/mol. The fourth-order valence-corrected chi connectivity index (χ4v) is 3.83. The van der Waals surface area contributed by atoms with E-state index >= 15 is 0 Å². The average Bonchev–Trinajstić information content (AvgIpc) is 3.18. The molecule has 1 aromatic carbocycles. The summed E-state index contributed by atoms with van der Waals surface area (Å²) < 4.78 is 11.5. The molecule has 2 aromatic heterocycles. The maximum absolute atomic E-state index is 12.8. The molecule has 0 radical (unpaired) electrons. The van der Waals surface area contributed by atoms with Crippen LogP contribution >= 0.6 is 0 Å². The number of pyridine rings is 1. The summed E-state index contributed by atoms with van der Waals surface area (Å²) in [5.74, 6) is 1.74. The first-order valence-corrected chi connectivity index (χ1v) is 9.62. The zero-order valence-corrected chi connectivity index (χ0v) is 16.2. The van der Waals surface area contributed by atoms with Crippen LogP contribution in [0.25, 0.3) is 0 Å². The molecule has 3 aromatic rings. The number of ether oxygens (including phenoxy) is 1. The number of aromatic nitrogens is 1. The van der Waals surface area contributed by atoms with Gasteiger partial charge in [0.1, 0.15) is 18.1 Å². The van der Waals surface area contributed by atoms with Gasteiger partial charge in [0.25, 0.3) is 5.91 Å². The second-order valence-electron chi connectivity index (χ2n) is 7.31. The van der Waals surface area contributed by atoms with Gasteiger partial charge in [-0.1, -0.05) is 6.07 Å². The van der Waals surface area contributed by atoms with Crippen molar-refractivity contribution in [1.29, 1.82) is 0 Å². The standard InChI is InChI=1S/C23H24N2O3/c1-15-11-18(12-16(2)22(15)28-14-17-5-4-9-24-13-17)23(26)25-20-6-3-7-21-19(20)8-10-27-21/h4-5,8-13,20H,3,6-7,14H2,1-2H3,(H,25,26). The number of fused-ring (bicyclic) bond motifs is 1. The summed E-state index contributed by atoms with van der Waals surface area (Å²) in [4.78, 5) is 17.0. The lowest BCUT2D eigenvalue weighted by Crippen LogP contribution is -2.30. The summed E-state index contributed by atoms with van der Waals surface area (Å²) in [5, 5.41) is 3.16. The Morgan fingerprint density at radius 3 is 2.86 bits per heavy atom. The molecule has 5 nitrogen and oxygen atoms in total. The highest BCUT2D eigenvalue weighted by molar-refractivity contribution is 5.95. The smallest absolute Gasteiger partial charge is 0.251 e. The molecule has 28 heavy (non-hydrogen) atoms. The van der Waals surface area contributed by atoms with Gasteiger partial charge in [0.2, 0.25) is 0 Å². The lowest BCUT2D eigenvalue weighted by atomic mass is 9.93. The number of nitrogens with one attached hydrogen (secondary N) is 1. The summed E-state index contributed by atoms with van der Waals surface area (Å²) in [7, 11) is 0. The minimum atomic E-state index is -0.0657. The molecule has 0 saturated carbocycles. The van der Waals surface area contributed by atoms with Gasteiger partial charge in [-0.05, 0) is 62.1 Å². The summed E-state index contributed by atoms with van der Waals surface area (Å²) in [5.41, 5.74) is 4.66. The highest BCUT2D eigenvalue weighted by Gasteiger charge is 2.24. The summed E-state index contributed by atoms with van der Waals surface area (Å²) >= 11 is 0. The van der Waals surface area contributed by atoms with Crippen molar-refractivity contribution in [1.82, 2.24) is 10.3 Å². The minimum Gasteiger partial charge on any atom is -0.488 e. The van der Waals surface area contributed by atoms with E-state index in [0.717, 1.165) is 53.0 Å². The highest BCUT2D eigenvalue weighted by Crippen LogP contribution is 2.31. The maximum Gasteiger partial charge on any atom is 0.251 e. The SMILES string of the molecule is Cc1cc(C(=O)NC2CCCc3occc32)cc(C)c1OCc1cccnc1. The molecule has 5 heteroatoms. The molecule has 2 heterocycles. The first-order chi connectivity index (χ1) is 13.6. The fourth-order valence-electron chi connectivity index (χ4n) is 3.83. The predicted octanol–water partition coefficient (Wildman–Crippen LogP) is 4.68. The number of nitrogens with zero attached hydrogens (tertiary/aromatic N) is 1. The number of carbonyl (C=O) groups is 1. The van der Waals surface area contributed by atoms with Gasteiger partial charge in [-0.15, -0.1) is 0 Å². The van der Waals surface area contributed by atoms with Crippen LogP contribution in [0, 0.1) is 13.8 Å². The van der Waals surface area contributed by atoms with Gasteiger partial charge in [-0.2, -0.15) is 0 Å². The van der Waals surface area contributed by atoms with Crippen LogP contribution in [-0.4, -0.2) is 10.9 Å². The average molecular weight is 376 g/mol. The first kappa shape index (κ1) is 18.3. The summed E-state index contributed by atoms with van der Waals surface area (Å²) in [6, 6.07) is 9.62. The minimum absolute atomic E-state index is 0.0112. The molecular weight excluding hydrogens is 352 g/mol. The third-order valence-electron chi connectivity index (χ3n) is 5.19. The second-order valence-corrected chi connectivity index (χ2v) is 7.31. The van der Waals surface area contributed by atoms with Crippen LogP contribution < -0.4 is 10.1 Å². The number of carbonyl (C=O) groups excluding carboxylic acids is 1. The van der Waals surface area contributed by atoms with Crippen molar-refractivity contribution in [3.8, 4) is 5.75 Å². The van der Waals surface area contributed by atoms with E-state index in [2.05, 4.69) is 10.3 Å². The van der Waals surface area contributed by atoms with Crippen LogP contribution in [0.5, 0.6) is 5.75 Å². The van der Waals surface area contributed by atoms with E-state index in [1.807, 2.05) is 44.2 Å². The number of furan rings is 1. The Bertz CT molecular complexity index is 956. The van der Waals surface area contributed by atoms with Gasteiger partial charge in [-0.25, -0.2) is 0 Å². The van der Waals surface area contributed by atoms with Gasteiger partial charge in [0.05, 0.1) is 12.3 Å². The van der Waals surface area contributed by atoms with Gasteiger partial charge >= 0.3 is 0 Å². The Hall–Kier alpha value is -3.08. The van der Waals surface area contributed by atoms with Gasteiger partial charge in [0, 0.05) is 35.5 Å². The molecule has 1 unspecified atom stereocenters. The third kappa shape index (κ3) is 3.79. The summed E-state index contributed by atoms with van der Waals surface area (Å²) in [6.45, 7) is 4.39. The van der Waals surface area contributed by atoms with Crippen LogP contribution in [-0.2, 0) is 13.0 Å². The zero-order valence-electron chi connectivity index (χ0n) is 16.2. The van der Waals surface area contributed by atoms with Crippen molar-refractivity contribution in [3.63, 3.8) is 0 Å². The van der Waals surface area contributed by atoms with Gasteiger partial charge < -0.3 is 14.5 Å². The third-order valence-corrected chi connectivity index (χ3v) is 5.19. The second kappa shape index (κ2) is 7.89. The van der Waals surface area contributed by atoms with Crippen molar-refractivity contribution in [2.24, 2.45) is 0 Å². The normalized spacial score (nSPS) is 15.7. The topological polar surface area (TPSA) is 64.4 Å². The number of benzene rings is 1. The Balaban J connectivity index is 1.48. The molecular formula is C23H24N2O3. The van der Waals surface area contributed by atoms with Crippen molar-refractivity contribution in [2.75, 3.05) is 0 Å². The lowest BCUT2D eigenvalue weighted by molar-refractivity contribution is 0.0932. The van der Waals surface area contributed by atoms with E-state index in [1.165, 1.54) is 0 Å². The Kier molecular flexibility index (Phi) is 5.15. The van der Waals surface area contributed by atoms with Gasteiger partial charge in [-0.3, -0.25) is 9.78 Å². The molecule has 4 rings (SSSR count). The number of rotatable bonds is 5. The largest absolute Gasteiger partial charge is 0.488 e. The monoisotopic (exact) mass is 376 g/mol. The van der Waals surface area contributed by atoms with Crippen molar-refractivity contribution < 1.29 is 13.9 Å². The zero-order chi connectivity index (χ0) is 19.5. The van der Waals surface area contributed by atoms with E-state index in [1.54, 1.807) is 18.7 Å². The van der Waals surface area contributed by atoms with E-state index < -0.39 is 0 Å². The first-order valence-electron chi connectivity index (χ1n) is 9.62. The molecule has 1 aliphatic rings. The number of amides is 1. The van der Waals surface area contributed by atoms with Crippen molar-refractivity contribution in [3.05, 3.63) is 82.6 Å². The Morgan fingerprint density at radius 1 is 1.29 bits per heavy atom. The van der Waals surface area contributed by atoms with E-state index in [0.29, 0.717) is 12.2 Å².